The molecule has 0 N–H and O–H groups in total. The van der Waals surface area contributed by atoms with Crippen LogP contribution >= 0.6 is 0 Å². The van der Waals surface area contributed by atoms with Crippen LogP contribution in [0.15, 0.2) is 54.7 Å². The summed E-state index contributed by atoms with van der Waals surface area (Å²) in [6.07, 6.45) is -2.41. The van der Waals surface area contributed by atoms with Gasteiger partial charge in [-0.1, -0.05) is 51.5 Å². The van der Waals surface area contributed by atoms with Crippen molar-refractivity contribution in [3.8, 4) is 0 Å². The average Bonchev–Trinajstić information content (AvgIpc) is 2.60. The summed E-state index contributed by atoms with van der Waals surface area (Å²) >= 11 is 0. The Kier molecular flexibility index (Phi) is 6.63. The highest BCUT2D eigenvalue weighted by Crippen LogP contribution is 2.32. The summed E-state index contributed by atoms with van der Waals surface area (Å²) < 4.78 is 37.2. The van der Waals surface area contributed by atoms with E-state index in [1.165, 1.54) is 23.1 Å². The van der Waals surface area contributed by atoms with Crippen molar-refractivity contribution in [2.45, 2.75) is 52.6 Å². The lowest BCUT2D eigenvalue weighted by Gasteiger charge is -2.12. The Labute approximate surface area is 159 Å². The molecule has 3 aromatic rings. The normalized spacial score (nSPS) is 11.6. The number of rotatable bonds is 2. The third-order valence-corrected chi connectivity index (χ3v) is 4.39. The minimum atomic E-state index is -4.24. The first-order chi connectivity index (χ1) is 12.6. The molecular formula is C23H26F3N. The van der Waals surface area contributed by atoms with Gasteiger partial charge in [-0.25, -0.2) is 0 Å². The zero-order chi connectivity index (χ0) is 20.2. The van der Waals surface area contributed by atoms with Crippen LogP contribution in [0, 0.1) is 6.92 Å². The van der Waals surface area contributed by atoms with Gasteiger partial charge in [-0.3, -0.25) is 4.98 Å². The van der Waals surface area contributed by atoms with E-state index in [2.05, 4.69) is 43.1 Å². The molecule has 2 aromatic carbocycles. The standard InChI is InChI=1S/C12H13N.C11H13F3/c1-9(2)10-5-6-12-11(8-10)4-3-7-13-12;1-7(2)9-4-8(3)5-10(6-9)11(12,13)14/h3-9H,1-2H3;4-7H,1-3H3. The molecule has 0 unspecified atom stereocenters. The smallest absolute Gasteiger partial charge is 0.256 e. The fraction of sp³-hybridized carbons (Fsp3) is 0.348. The summed E-state index contributed by atoms with van der Waals surface area (Å²) in [5, 5.41) is 1.23. The zero-order valence-corrected chi connectivity index (χ0v) is 16.4. The highest BCUT2D eigenvalue weighted by Gasteiger charge is 2.30. The monoisotopic (exact) mass is 373 g/mol. The predicted octanol–water partition coefficient (Wildman–Crippen LogP) is 7.50. The molecular weight excluding hydrogens is 347 g/mol. The van der Waals surface area contributed by atoms with Crippen LogP contribution in [-0.4, -0.2) is 4.98 Å². The van der Waals surface area contributed by atoms with Crippen molar-refractivity contribution >= 4 is 10.9 Å². The molecule has 0 aliphatic carbocycles. The molecule has 4 heteroatoms. The van der Waals surface area contributed by atoms with Crippen molar-refractivity contribution < 1.29 is 13.2 Å². The second-order valence-corrected chi connectivity index (χ2v) is 7.40. The summed E-state index contributed by atoms with van der Waals surface area (Å²) in [4.78, 5) is 4.28. The van der Waals surface area contributed by atoms with Crippen molar-refractivity contribution in [3.05, 3.63) is 77.0 Å². The van der Waals surface area contributed by atoms with Crippen molar-refractivity contribution in [1.82, 2.24) is 4.98 Å². The van der Waals surface area contributed by atoms with Crippen LogP contribution in [0.25, 0.3) is 10.9 Å². The number of hydrogen-bond donors (Lipinski definition) is 0. The van der Waals surface area contributed by atoms with Gasteiger partial charge in [0.15, 0.2) is 0 Å². The number of aromatic nitrogens is 1. The molecule has 0 radical (unpaired) electrons. The Balaban J connectivity index is 0.000000194. The highest BCUT2D eigenvalue weighted by molar-refractivity contribution is 5.79. The van der Waals surface area contributed by atoms with Crippen LogP contribution in [-0.2, 0) is 6.18 Å². The first kappa shape index (κ1) is 20.9. The second-order valence-electron chi connectivity index (χ2n) is 7.40. The number of nitrogens with zero attached hydrogens (tertiary/aromatic N) is 1. The maximum absolute atomic E-state index is 12.4. The van der Waals surface area contributed by atoms with Gasteiger partial charge in [0.05, 0.1) is 11.1 Å². The van der Waals surface area contributed by atoms with Gasteiger partial charge in [-0.15, -0.1) is 0 Å². The third kappa shape index (κ3) is 5.81. The highest BCUT2D eigenvalue weighted by atomic mass is 19.4. The quantitative estimate of drug-likeness (QED) is 0.453. The summed E-state index contributed by atoms with van der Waals surface area (Å²) in [5.74, 6) is 0.709. The molecule has 1 aromatic heterocycles. The molecule has 1 heterocycles. The van der Waals surface area contributed by atoms with Gasteiger partial charge in [-0.2, -0.15) is 13.2 Å². The number of fused-ring (bicyclic) bond motifs is 1. The van der Waals surface area contributed by atoms with Gasteiger partial charge in [0.1, 0.15) is 0 Å². The first-order valence-corrected chi connectivity index (χ1v) is 9.11. The topological polar surface area (TPSA) is 12.9 Å². The minimum Gasteiger partial charge on any atom is -0.256 e. The Hall–Kier alpha value is -2.36. The molecule has 144 valence electrons. The molecule has 0 atom stereocenters. The van der Waals surface area contributed by atoms with Gasteiger partial charge in [0.2, 0.25) is 0 Å². The van der Waals surface area contributed by atoms with E-state index in [0.717, 1.165) is 11.1 Å². The maximum atomic E-state index is 12.4. The Morgan fingerprint density at radius 3 is 2.07 bits per heavy atom. The Bertz CT molecular complexity index is 896. The molecule has 0 aliphatic rings. The van der Waals surface area contributed by atoms with Crippen LogP contribution in [0.4, 0.5) is 13.2 Å². The molecule has 0 saturated carbocycles. The van der Waals surface area contributed by atoms with Crippen LogP contribution in [0.5, 0.6) is 0 Å². The molecule has 1 nitrogen and oxygen atoms in total. The number of benzene rings is 2. The van der Waals surface area contributed by atoms with E-state index in [1.807, 2.05) is 26.1 Å². The van der Waals surface area contributed by atoms with Gasteiger partial charge >= 0.3 is 6.18 Å². The number of hydrogen-bond acceptors (Lipinski definition) is 1. The van der Waals surface area contributed by atoms with Gasteiger partial charge in [0, 0.05) is 11.6 Å². The average molecular weight is 373 g/mol. The fourth-order valence-electron chi connectivity index (χ4n) is 2.76. The van der Waals surface area contributed by atoms with E-state index in [4.69, 9.17) is 0 Å². The molecule has 0 spiro atoms. The lowest BCUT2D eigenvalue weighted by atomic mass is 9.98. The summed E-state index contributed by atoms with van der Waals surface area (Å²) in [6.45, 7) is 9.86. The number of alkyl halides is 3. The molecule has 27 heavy (non-hydrogen) atoms. The van der Waals surface area contributed by atoms with E-state index in [0.29, 0.717) is 11.5 Å². The second kappa shape index (κ2) is 8.55. The Morgan fingerprint density at radius 2 is 1.48 bits per heavy atom. The number of pyridine rings is 1. The SMILES string of the molecule is CC(C)c1ccc2ncccc2c1.Cc1cc(C(C)C)cc(C(F)(F)F)c1. The number of halogens is 3. The summed E-state index contributed by atoms with van der Waals surface area (Å²) in [5.41, 5.74) is 3.29. The van der Waals surface area contributed by atoms with Crippen molar-refractivity contribution in [2.24, 2.45) is 0 Å². The van der Waals surface area contributed by atoms with Gasteiger partial charge in [0.25, 0.3) is 0 Å². The van der Waals surface area contributed by atoms with E-state index in [1.54, 1.807) is 13.0 Å². The summed E-state index contributed by atoms with van der Waals surface area (Å²) in [7, 11) is 0. The Morgan fingerprint density at radius 1 is 0.815 bits per heavy atom. The van der Waals surface area contributed by atoms with Crippen LogP contribution in [0.2, 0.25) is 0 Å². The van der Waals surface area contributed by atoms with Crippen LogP contribution in [0.1, 0.15) is 61.8 Å². The minimum absolute atomic E-state index is 0.121. The third-order valence-electron chi connectivity index (χ3n) is 4.39. The van der Waals surface area contributed by atoms with E-state index < -0.39 is 11.7 Å². The molecule has 0 fully saturated rings. The van der Waals surface area contributed by atoms with Gasteiger partial charge in [-0.05, 0) is 60.2 Å². The lowest BCUT2D eigenvalue weighted by Crippen LogP contribution is -2.06. The molecule has 0 bridgehead atoms. The molecule has 0 amide bonds. The largest absolute Gasteiger partial charge is 0.416 e. The van der Waals surface area contributed by atoms with Crippen LogP contribution in [0.3, 0.4) is 0 Å². The predicted molar refractivity (Wildman–Crippen MR) is 106 cm³/mol. The molecule has 0 aliphatic heterocycles. The van der Waals surface area contributed by atoms with E-state index >= 15 is 0 Å². The van der Waals surface area contributed by atoms with Crippen molar-refractivity contribution in [3.63, 3.8) is 0 Å². The van der Waals surface area contributed by atoms with E-state index in [9.17, 15) is 13.2 Å². The van der Waals surface area contributed by atoms with E-state index in [-0.39, 0.29) is 5.92 Å². The zero-order valence-electron chi connectivity index (χ0n) is 16.4. The lowest BCUT2D eigenvalue weighted by molar-refractivity contribution is -0.137. The number of aryl methyl sites for hydroxylation is 1. The van der Waals surface area contributed by atoms with Crippen LogP contribution < -0.4 is 0 Å². The summed E-state index contributed by atoms with van der Waals surface area (Å²) in [6, 6.07) is 14.7. The van der Waals surface area contributed by atoms with Crippen molar-refractivity contribution in [2.75, 3.05) is 0 Å². The maximum Gasteiger partial charge on any atom is 0.416 e. The van der Waals surface area contributed by atoms with Gasteiger partial charge < -0.3 is 0 Å². The van der Waals surface area contributed by atoms with Crippen molar-refractivity contribution in [1.29, 1.82) is 0 Å². The first-order valence-electron chi connectivity index (χ1n) is 9.11. The molecule has 0 saturated heterocycles. The fourth-order valence-corrected chi connectivity index (χ4v) is 2.76. The molecule has 3 rings (SSSR count).